The average molecular weight is 407 g/mol. The normalized spacial score (nSPS) is 14.5. The first kappa shape index (κ1) is 19.9. The van der Waals surface area contributed by atoms with E-state index in [1.165, 1.54) is 5.56 Å². The third-order valence-corrected chi connectivity index (χ3v) is 5.19. The van der Waals surface area contributed by atoms with Gasteiger partial charge in [-0.25, -0.2) is 0 Å². The Morgan fingerprint density at radius 1 is 1.03 bits per heavy atom. The first-order chi connectivity index (χ1) is 14.7. The van der Waals surface area contributed by atoms with Gasteiger partial charge in [-0.15, -0.1) is 0 Å². The summed E-state index contributed by atoms with van der Waals surface area (Å²) in [6.07, 6.45) is 1.60. The first-order valence-electron chi connectivity index (χ1n) is 10.1. The molecule has 1 saturated heterocycles. The van der Waals surface area contributed by atoms with E-state index in [2.05, 4.69) is 10.1 Å². The van der Waals surface area contributed by atoms with Gasteiger partial charge in [0.1, 0.15) is 11.5 Å². The minimum atomic E-state index is -0.00222. The van der Waals surface area contributed by atoms with E-state index in [1.54, 1.807) is 0 Å². The largest absolute Gasteiger partial charge is 0.484 e. The van der Waals surface area contributed by atoms with Crippen molar-refractivity contribution in [2.75, 3.05) is 19.7 Å². The number of hydrogen-bond acceptors (Lipinski definition) is 6. The standard InChI is InChI=1S/C23H25N3O4/c1-17-7-9-20(10-8-17)28-15-21-24-23(25-30-21)18-11-13-26(14-12-18)22(27)16-29-19-5-3-2-4-6-19/h2-10,18H,11-16H2,1H3. The van der Waals surface area contributed by atoms with Gasteiger partial charge in [0.15, 0.2) is 19.0 Å². The summed E-state index contributed by atoms with van der Waals surface area (Å²) in [4.78, 5) is 18.7. The smallest absolute Gasteiger partial charge is 0.264 e. The highest BCUT2D eigenvalue weighted by Crippen LogP contribution is 2.26. The maximum absolute atomic E-state index is 12.4. The number of carbonyl (C=O) groups is 1. The van der Waals surface area contributed by atoms with Gasteiger partial charge in [-0.2, -0.15) is 4.98 Å². The summed E-state index contributed by atoms with van der Waals surface area (Å²) in [5, 5.41) is 4.12. The van der Waals surface area contributed by atoms with Crippen molar-refractivity contribution in [2.24, 2.45) is 0 Å². The molecular weight excluding hydrogens is 382 g/mol. The van der Waals surface area contributed by atoms with Crippen LogP contribution in [0, 0.1) is 6.92 Å². The minimum absolute atomic E-state index is 0.00222. The molecule has 0 radical (unpaired) electrons. The van der Waals surface area contributed by atoms with Gasteiger partial charge in [0.25, 0.3) is 11.8 Å². The van der Waals surface area contributed by atoms with Gasteiger partial charge in [-0.1, -0.05) is 41.1 Å². The fourth-order valence-corrected chi connectivity index (χ4v) is 3.41. The molecule has 2 aromatic carbocycles. The molecule has 0 unspecified atom stereocenters. The number of piperidine rings is 1. The third kappa shape index (κ3) is 5.17. The van der Waals surface area contributed by atoms with E-state index in [0.29, 0.717) is 30.6 Å². The molecule has 4 rings (SSSR count). The van der Waals surface area contributed by atoms with Crippen molar-refractivity contribution in [3.8, 4) is 11.5 Å². The van der Waals surface area contributed by atoms with Crippen molar-refractivity contribution >= 4 is 5.91 Å². The Hall–Kier alpha value is -3.35. The topological polar surface area (TPSA) is 77.7 Å². The molecule has 2 heterocycles. The number of carbonyl (C=O) groups excluding carboxylic acids is 1. The molecule has 1 aliphatic heterocycles. The molecule has 0 aliphatic carbocycles. The Morgan fingerprint density at radius 3 is 2.47 bits per heavy atom. The molecule has 0 saturated carbocycles. The third-order valence-electron chi connectivity index (χ3n) is 5.19. The van der Waals surface area contributed by atoms with Crippen molar-refractivity contribution in [1.82, 2.24) is 15.0 Å². The fraction of sp³-hybridized carbons (Fsp3) is 0.348. The maximum atomic E-state index is 12.4. The van der Waals surface area contributed by atoms with Crippen LogP contribution in [0.1, 0.15) is 36.0 Å². The predicted molar refractivity (Wildman–Crippen MR) is 110 cm³/mol. The number of para-hydroxylation sites is 1. The summed E-state index contributed by atoms with van der Waals surface area (Å²) in [5.41, 5.74) is 1.18. The zero-order valence-corrected chi connectivity index (χ0v) is 17.0. The van der Waals surface area contributed by atoms with Gasteiger partial charge in [0, 0.05) is 19.0 Å². The van der Waals surface area contributed by atoms with Crippen LogP contribution in [0.15, 0.2) is 59.1 Å². The number of ether oxygens (including phenoxy) is 2. The van der Waals surface area contributed by atoms with E-state index >= 15 is 0 Å². The number of likely N-dealkylation sites (tertiary alicyclic amines) is 1. The minimum Gasteiger partial charge on any atom is -0.484 e. The molecule has 3 aromatic rings. The van der Waals surface area contributed by atoms with Crippen LogP contribution in [-0.4, -0.2) is 40.6 Å². The van der Waals surface area contributed by atoms with Crippen molar-refractivity contribution in [1.29, 1.82) is 0 Å². The number of aryl methyl sites for hydroxylation is 1. The second kappa shape index (κ2) is 9.43. The molecule has 0 N–H and O–H groups in total. The Morgan fingerprint density at radius 2 is 1.73 bits per heavy atom. The summed E-state index contributed by atoms with van der Waals surface area (Å²) < 4.78 is 16.6. The number of amides is 1. The number of nitrogens with zero attached hydrogens (tertiary/aromatic N) is 3. The lowest BCUT2D eigenvalue weighted by molar-refractivity contribution is -0.134. The summed E-state index contributed by atoms with van der Waals surface area (Å²) >= 11 is 0. The second-order valence-corrected chi connectivity index (χ2v) is 7.40. The van der Waals surface area contributed by atoms with Crippen LogP contribution in [0.5, 0.6) is 11.5 Å². The van der Waals surface area contributed by atoms with Crippen LogP contribution < -0.4 is 9.47 Å². The Kier molecular flexibility index (Phi) is 6.27. The second-order valence-electron chi connectivity index (χ2n) is 7.40. The number of hydrogen-bond donors (Lipinski definition) is 0. The van der Waals surface area contributed by atoms with Crippen LogP contribution >= 0.6 is 0 Å². The Balaban J connectivity index is 1.23. The summed E-state index contributed by atoms with van der Waals surface area (Å²) in [6, 6.07) is 17.2. The average Bonchev–Trinajstić information content (AvgIpc) is 3.27. The predicted octanol–water partition coefficient (Wildman–Crippen LogP) is 3.74. The zero-order valence-electron chi connectivity index (χ0n) is 17.0. The fourth-order valence-electron chi connectivity index (χ4n) is 3.41. The SMILES string of the molecule is Cc1ccc(OCc2nc(C3CCN(C(=O)COc4ccccc4)CC3)no2)cc1. The Labute approximate surface area is 175 Å². The van der Waals surface area contributed by atoms with E-state index in [9.17, 15) is 4.79 Å². The van der Waals surface area contributed by atoms with E-state index in [1.807, 2.05) is 66.4 Å². The van der Waals surface area contributed by atoms with Crippen molar-refractivity contribution in [2.45, 2.75) is 32.3 Å². The molecule has 7 nitrogen and oxygen atoms in total. The van der Waals surface area contributed by atoms with Gasteiger partial charge in [0.2, 0.25) is 0 Å². The molecule has 0 bridgehead atoms. The van der Waals surface area contributed by atoms with Crippen LogP contribution in [0.25, 0.3) is 0 Å². The number of rotatable bonds is 7. The molecular formula is C23H25N3O4. The van der Waals surface area contributed by atoms with Crippen molar-refractivity contribution in [3.63, 3.8) is 0 Å². The Bertz CT molecular complexity index is 948. The van der Waals surface area contributed by atoms with Crippen molar-refractivity contribution in [3.05, 3.63) is 71.9 Å². The number of benzene rings is 2. The highest BCUT2D eigenvalue weighted by atomic mass is 16.5. The van der Waals surface area contributed by atoms with Gasteiger partial charge in [0.05, 0.1) is 0 Å². The van der Waals surface area contributed by atoms with Crippen LogP contribution in [0.4, 0.5) is 0 Å². The van der Waals surface area contributed by atoms with Gasteiger partial charge in [-0.05, 0) is 44.0 Å². The quantitative estimate of drug-likeness (QED) is 0.594. The molecule has 1 aromatic heterocycles. The molecule has 156 valence electrons. The summed E-state index contributed by atoms with van der Waals surface area (Å²) in [6.45, 7) is 3.64. The van der Waals surface area contributed by atoms with E-state index < -0.39 is 0 Å². The molecule has 1 fully saturated rings. The lowest BCUT2D eigenvalue weighted by Crippen LogP contribution is -2.40. The summed E-state index contributed by atoms with van der Waals surface area (Å²) in [7, 11) is 0. The van der Waals surface area contributed by atoms with Crippen LogP contribution in [0.2, 0.25) is 0 Å². The lowest BCUT2D eigenvalue weighted by Gasteiger charge is -2.30. The maximum Gasteiger partial charge on any atom is 0.264 e. The molecule has 0 atom stereocenters. The molecule has 1 amide bonds. The van der Waals surface area contributed by atoms with Gasteiger partial charge < -0.3 is 18.9 Å². The molecule has 1 aliphatic rings. The van der Waals surface area contributed by atoms with Gasteiger partial charge in [-0.3, -0.25) is 4.79 Å². The highest BCUT2D eigenvalue weighted by Gasteiger charge is 2.27. The van der Waals surface area contributed by atoms with Crippen molar-refractivity contribution < 1.29 is 18.8 Å². The van der Waals surface area contributed by atoms with E-state index in [4.69, 9.17) is 14.0 Å². The van der Waals surface area contributed by atoms with E-state index in [-0.39, 0.29) is 25.0 Å². The van der Waals surface area contributed by atoms with Crippen LogP contribution in [0.3, 0.4) is 0 Å². The van der Waals surface area contributed by atoms with Crippen LogP contribution in [-0.2, 0) is 11.4 Å². The zero-order chi connectivity index (χ0) is 20.8. The lowest BCUT2D eigenvalue weighted by atomic mass is 9.96. The molecule has 30 heavy (non-hydrogen) atoms. The monoisotopic (exact) mass is 407 g/mol. The highest BCUT2D eigenvalue weighted by molar-refractivity contribution is 5.77. The van der Waals surface area contributed by atoms with Gasteiger partial charge >= 0.3 is 0 Å². The molecule has 7 heteroatoms. The molecule has 0 spiro atoms. The van der Waals surface area contributed by atoms with E-state index in [0.717, 1.165) is 18.6 Å². The number of aromatic nitrogens is 2. The summed E-state index contributed by atoms with van der Waals surface area (Å²) in [5.74, 6) is 2.79. The first-order valence-corrected chi connectivity index (χ1v) is 10.1.